The van der Waals surface area contributed by atoms with E-state index in [2.05, 4.69) is 17.2 Å². The lowest BCUT2D eigenvalue weighted by Gasteiger charge is -2.14. The van der Waals surface area contributed by atoms with Gasteiger partial charge in [0.25, 0.3) is 5.56 Å². The number of aryl methyl sites for hydroxylation is 1. The van der Waals surface area contributed by atoms with E-state index in [4.69, 9.17) is 5.26 Å². The van der Waals surface area contributed by atoms with E-state index in [1.54, 1.807) is 13.8 Å². The van der Waals surface area contributed by atoms with E-state index in [1.807, 2.05) is 36.4 Å². The molecule has 1 aromatic carbocycles. The number of hydrogen-bond donors (Lipinski definition) is 2. The van der Waals surface area contributed by atoms with E-state index in [1.165, 1.54) is 5.56 Å². The fourth-order valence-corrected chi connectivity index (χ4v) is 2.91. The molecular weight excluding hydrogens is 314 g/mol. The molecule has 1 amide bonds. The quantitative estimate of drug-likeness (QED) is 0.850. The molecule has 1 unspecified atom stereocenters. The number of nitriles is 1. The number of aromatic nitrogens is 1. The lowest BCUT2D eigenvalue weighted by molar-refractivity contribution is -0.121. The number of carbonyl (C=O) groups excluding carboxylic acids is 1. The van der Waals surface area contributed by atoms with Crippen molar-refractivity contribution in [2.75, 3.05) is 6.54 Å². The Kier molecular flexibility index (Phi) is 6.13. The van der Waals surface area contributed by atoms with Gasteiger partial charge >= 0.3 is 0 Å². The summed E-state index contributed by atoms with van der Waals surface area (Å²) in [6.07, 6.45) is 0.814. The fourth-order valence-electron chi connectivity index (χ4n) is 2.91. The molecule has 2 aromatic rings. The summed E-state index contributed by atoms with van der Waals surface area (Å²) in [5.74, 6) is 0.207. The van der Waals surface area contributed by atoms with Crippen LogP contribution in [-0.4, -0.2) is 17.4 Å². The second-order valence-electron chi connectivity index (χ2n) is 6.29. The topological polar surface area (TPSA) is 85.8 Å². The molecule has 0 fully saturated rings. The third kappa shape index (κ3) is 4.57. The number of pyridine rings is 1. The fraction of sp³-hybridized carbons (Fsp3) is 0.350. The third-order valence-corrected chi connectivity index (χ3v) is 4.50. The first-order valence-corrected chi connectivity index (χ1v) is 8.38. The Balaban J connectivity index is 1.95. The molecular formula is C20H23N3O2. The number of benzene rings is 1. The predicted octanol–water partition coefficient (Wildman–Crippen LogP) is 2.72. The van der Waals surface area contributed by atoms with Gasteiger partial charge in [-0.3, -0.25) is 9.59 Å². The van der Waals surface area contributed by atoms with Crippen LogP contribution in [0.5, 0.6) is 0 Å². The summed E-state index contributed by atoms with van der Waals surface area (Å²) in [4.78, 5) is 26.6. The molecule has 1 atom stereocenters. The van der Waals surface area contributed by atoms with Gasteiger partial charge in [-0.2, -0.15) is 5.26 Å². The summed E-state index contributed by atoms with van der Waals surface area (Å²) in [5, 5.41) is 12.1. The van der Waals surface area contributed by atoms with Gasteiger partial charge in [0.2, 0.25) is 5.91 Å². The van der Waals surface area contributed by atoms with Crippen LogP contribution in [0.25, 0.3) is 0 Å². The Morgan fingerprint density at radius 1 is 1.28 bits per heavy atom. The Hall–Kier alpha value is -2.87. The van der Waals surface area contributed by atoms with Crippen LogP contribution < -0.4 is 10.9 Å². The number of hydrogen-bond acceptors (Lipinski definition) is 3. The SMILES string of the molecule is Cc1[nH]c(=O)c(C#N)c(C)c1CCC(=O)NCC(C)c1ccccc1. The minimum absolute atomic E-state index is 0.0358. The maximum absolute atomic E-state index is 12.1. The first kappa shape index (κ1) is 18.5. The van der Waals surface area contributed by atoms with Crippen LogP contribution in [-0.2, 0) is 11.2 Å². The maximum atomic E-state index is 12.1. The van der Waals surface area contributed by atoms with Gasteiger partial charge in [0.1, 0.15) is 11.6 Å². The van der Waals surface area contributed by atoms with Crippen molar-refractivity contribution in [3.8, 4) is 6.07 Å². The van der Waals surface area contributed by atoms with E-state index in [0.29, 0.717) is 30.6 Å². The number of aromatic amines is 1. The van der Waals surface area contributed by atoms with E-state index in [9.17, 15) is 9.59 Å². The third-order valence-electron chi connectivity index (χ3n) is 4.50. The van der Waals surface area contributed by atoms with Crippen molar-refractivity contribution in [1.29, 1.82) is 5.26 Å². The van der Waals surface area contributed by atoms with Gasteiger partial charge in [0.05, 0.1) is 0 Å². The van der Waals surface area contributed by atoms with Crippen molar-refractivity contribution in [3.05, 3.63) is 68.6 Å². The summed E-state index contributed by atoms with van der Waals surface area (Å²) >= 11 is 0. The lowest BCUT2D eigenvalue weighted by atomic mass is 9.98. The normalized spacial score (nSPS) is 11.6. The van der Waals surface area contributed by atoms with E-state index in [0.717, 1.165) is 5.56 Å². The van der Waals surface area contributed by atoms with Gasteiger partial charge in [0.15, 0.2) is 0 Å². The van der Waals surface area contributed by atoms with Gasteiger partial charge in [-0.1, -0.05) is 37.3 Å². The highest BCUT2D eigenvalue weighted by atomic mass is 16.1. The molecule has 5 nitrogen and oxygen atoms in total. The second kappa shape index (κ2) is 8.29. The van der Waals surface area contributed by atoms with Gasteiger partial charge in [-0.15, -0.1) is 0 Å². The molecule has 25 heavy (non-hydrogen) atoms. The Morgan fingerprint density at radius 2 is 1.96 bits per heavy atom. The van der Waals surface area contributed by atoms with Crippen LogP contribution in [0.2, 0.25) is 0 Å². The standard InChI is InChI=1S/C20H23N3O2/c1-13(16-7-5-4-6-8-16)12-22-19(24)10-9-17-14(2)18(11-21)20(25)23-15(17)3/h4-8,13H,9-10,12H2,1-3H3,(H,22,24)(H,23,25). The molecule has 5 heteroatoms. The first-order valence-electron chi connectivity index (χ1n) is 8.38. The minimum atomic E-state index is -0.373. The number of carbonyl (C=O) groups is 1. The Morgan fingerprint density at radius 3 is 2.60 bits per heavy atom. The number of rotatable bonds is 6. The molecule has 0 aliphatic carbocycles. The van der Waals surface area contributed by atoms with Crippen molar-refractivity contribution in [2.24, 2.45) is 0 Å². The molecule has 0 saturated heterocycles. The highest BCUT2D eigenvalue weighted by molar-refractivity contribution is 5.76. The van der Waals surface area contributed by atoms with E-state index >= 15 is 0 Å². The van der Waals surface area contributed by atoms with Gasteiger partial charge in [-0.05, 0) is 42.9 Å². The predicted molar refractivity (Wildman–Crippen MR) is 97.4 cm³/mol. The Labute approximate surface area is 147 Å². The molecule has 0 aliphatic rings. The lowest BCUT2D eigenvalue weighted by Crippen LogP contribution is -2.28. The summed E-state index contributed by atoms with van der Waals surface area (Å²) in [6.45, 7) is 6.20. The average molecular weight is 337 g/mol. The number of H-pyrrole nitrogens is 1. The summed E-state index contributed by atoms with van der Waals surface area (Å²) in [6, 6.07) is 12.0. The molecule has 0 saturated carbocycles. The molecule has 1 heterocycles. The van der Waals surface area contributed by atoms with Gasteiger partial charge in [0, 0.05) is 18.7 Å². The maximum Gasteiger partial charge on any atom is 0.266 e. The molecule has 0 radical (unpaired) electrons. The summed E-state index contributed by atoms with van der Waals surface area (Å²) < 4.78 is 0. The van der Waals surface area contributed by atoms with E-state index < -0.39 is 0 Å². The largest absolute Gasteiger partial charge is 0.355 e. The second-order valence-corrected chi connectivity index (χ2v) is 6.29. The molecule has 0 bridgehead atoms. The van der Waals surface area contributed by atoms with Crippen molar-refractivity contribution in [3.63, 3.8) is 0 Å². The molecule has 1 aromatic heterocycles. The highest BCUT2D eigenvalue weighted by Gasteiger charge is 2.14. The molecule has 0 spiro atoms. The van der Waals surface area contributed by atoms with E-state index in [-0.39, 0.29) is 22.9 Å². The minimum Gasteiger partial charge on any atom is -0.355 e. The van der Waals surface area contributed by atoms with Crippen molar-refractivity contribution in [1.82, 2.24) is 10.3 Å². The zero-order valence-electron chi connectivity index (χ0n) is 14.8. The zero-order chi connectivity index (χ0) is 18.4. The molecule has 2 N–H and O–H groups in total. The van der Waals surface area contributed by atoms with Crippen LogP contribution in [0.15, 0.2) is 35.1 Å². The van der Waals surface area contributed by atoms with Crippen LogP contribution in [0.4, 0.5) is 0 Å². The van der Waals surface area contributed by atoms with Crippen LogP contribution in [0, 0.1) is 25.2 Å². The van der Waals surface area contributed by atoms with Crippen molar-refractivity contribution in [2.45, 2.75) is 39.5 Å². The van der Waals surface area contributed by atoms with Crippen LogP contribution in [0.1, 0.15) is 47.2 Å². The summed E-state index contributed by atoms with van der Waals surface area (Å²) in [7, 11) is 0. The smallest absolute Gasteiger partial charge is 0.266 e. The van der Waals surface area contributed by atoms with Crippen LogP contribution >= 0.6 is 0 Å². The van der Waals surface area contributed by atoms with Crippen molar-refractivity contribution >= 4 is 5.91 Å². The molecule has 130 valence electrons. The van der Waals surface area contributed by atoms with Crippen molar-refractivity contribution < 1.29 is 4.79 Å². The average Bonchev–Trinajstić information content (AvgIpc) is 2.60. The molecule has 0 aliphatic heterocycles. The number of nitrogens with one attached hydrogen (secondary N) is 2. The number of nitrogens with zero attached hydrogens (tertiary/aromatic N) is 1. The first-order chi connectivity index (χ1) is 11.9. The zero-order valence-corrected chi connectivity index (χ0v) is 14.8. The Bertz CT molecular complexity index is 848. The summed E-state index contributed by atoms with van der Waals surface area (Å²) in [5.41, 5.74) is 3.18. The van der Waals surface area contributed by atoms with Crippen LogP contribution in [0.3, 0.4) is 0 Å². The van der Waals surface area contributed by atoms with Gasteiger partial charge < -0.3 is 10.3 Å². The molecule has 2 rings (SSSR count). The monoisotopic (exact) mass is 337 g/mol. The highest BCUT2D eigenvalue weighted by Crippen LogP contribution is 2.16. The number of amides is 1. The van der Waals surface area contributed by atoms with Gasteiger partial charge in [-0.25, -0.2) is 0 Å².